The maximum absolute atomic E-state index is 12.9. The number of nitrogens with zero attached hydrogens (tertiary/aromatic N) is 1. The molecule has 0 fully saturated rings. The molecule has 2 heterocycles. The third-order valence-electron chi connectivity index (χ3n) is 5.31. The molecule has 1 atom stereocenters. The van der Waals surface area contributed by atoms with Gasteiger partial charge < -0.3 is 15.0 Å². The Morgan fingerprint density at radius 3 is 2.66 bits per heavy atom. The zero-order valence-electron chi connectivity index (χ0n) is 17.2. The average molecular weight is 415 g/mol. The minimum Gasteiger partial charge on any atom is -0.462 e. The summed E-state index contributed by atoms with van der Waals surface area (Å²) in [5, 5.41) is 3.39. The van der Waals surface area contributed by atoms with E-state index in [1.165, 1.54) is 18.3 Å². The average Bonchev–Trinajstić information content (AvgIpc) is 2.95. The second-order valence-electron chi connectivity index (χ2n) is 7.14. The van der Waals surface area contributed by atoms with Gasteiger partial charge in [-0.15, -0.1) is 11.3 Å². The van der Waals surface area contributed by atoms with Gasteiger partial charge >= 0.3 is 5.97 Å². The second-order valence-corrected chi connectivity index (χ2v) is 8.36. The summed E-state index contributed by atoms with van der Waals surface area (Å²) in [5.74, 6) is -0.713. The van der Waals surface area contributed by atoms with Crippen molar-refractivity contribution in [2.75, 3.05) is 18.5 Å². The first-order chi connectivity index (χ1) is 13.8. The maximum atomic E-state index is 12.9. The highest BCUT2D eigenvalue weighted by Crippen LogP contribution is 2.35. The normalized spacial score (nSPS) is 15.6. The molecule has 1 aromatic heterocycles. The van der Waals surface area contributed by atoms with Gasteiger partial charge in [0.1, 0.15) is 5.00 Å². The number of thiophene rings is 1. The van der Waals surface area contributed by atoms with Crippen molar-refractivity contribution >= 4 is 34.1 Å². The fraction of sp³-hybridized carbons (Fsp3) is 0.409. The van der Waals surface area contributed by atoms with Gasteiger partial charge in [0, 0.05) is 18.3 Å². The molecule has 1 aliphatic heterocycles. The Labute approximate surface area is 174 Å². The first-order valence-electron chi connectivity index (χ1n) is 9.75. The fourth-order valence-corrected chi connectivity index (χ4v) is 4.83. The van der Waals surface area contributed by atoms with Crippen molar-refractivity contribution in [2.45, 2.75) is 46.6 Å². The predicted octanol–water partition coefficient (Wildman–Crippen LogP) is 4.02. The molecule has 1 aromatic carbocycles. The molecule has 0 bridgehead atoms. The molecule has 0 spiro atoms. The van der Waals surface area contributed by atoms with Crippen LogP contribution in [0.3, 0.4) is 0 Å². The van der Waals surface area contributed by atoms with E-state index in [-0.39, 0.29) is 30.9 Å². The van der Waals surface area contributed by atoms with Gasteiger partial charge in [-0.25, -0.2) is 4.79 Å². The van der Waals surface area contributed by atoms with Crippen LogP contribution in [0.5, 0.6) is 0 Å². The highest BCUT2D eigenvalue weighted by Gasteiger charge is 2.31. The van der Waals surface area contributed by atoms with Crippen LogP contribution >= 0.6 is 11.3 Å². The number of ether oxygens (including phenoxy) is 1. The second kappa shape index (κ2) is 8.78. The van der Waals surface area contributed by atoms with E-state index in [1.807, 2.05) is 38.1 Å². The lowest BCUT2D eigenvalue weighted by Crippen LogP contribution is -2.40. The summed E-state index contributed by atoms with van der Waals surface area (Å²) in [5.41, 5.74) is 3.40. The van der Waals surface area contributed by atoms with E-state index in [1.54, 1.807) is 11.8 Å². The highest BCUT2D eigenvalue weighted by atomic mass is 32.1. The smallest absolute Gasteiger partial charge is 0.341 e. The largest absolute Gasteiger partial charge is 0.462 e. The van der Waals surface area contributed by atoms with E-state index in [4.69, 9.17) is 4.74 Å². The van der Waals surface area contributed by atoms with Gasteiger partial charge in [0.05, 0.1) is 24.6 Å². The Morgan fingerprint density at radius 1 is 1.24 bits per heavy atom. The summed E-state index contributed by atoms with van der Waals surface area (Å²) in [7, 11) is 0. The lowest BCUT2D eigenvalue weighted by molar-refractivity contribution is -0.132. The summed E-state index contributed by atoms with van der Waals surface area (Å²) in [6.07, 6.45) is 0.916. The van der Waals surface area contributed by atoms with E-state index in [0.717, 1.165) is 28.0 Å². The lowest BCUT2D eigenvalue weighted by atomic mass is 9.90. The van der Waals surface area contributed by atoms with Crippen molar-refractivity contribution in [3.05, 3.63) is 51.4 Å². The van der Waals surface area contributed by atoms with E-state index in [2.05, 4.69) is 5.32 Å². The van der Waals surface area contributed by atoms with Crippen LogP contribution in [0.1, 0.15) is 58.2 Å². The molecule has 29 heavy (non-hydrogen) atoms. The number of aryl methyl sites for hydroxylation is 1. The van der Waals surface area contributed by atoms with E-state index in [0.29, 0.717) is 17.1 Å². The molecular formula is C22H26N2O4S. The first kappa shape index (κ1) is 21.0. The quantitative estimate of drug-likeness (QED) is 0.750. The lowest BCUT2D eigenvalue weighted by Gasteiger charge is -2.36. The molecule has 2 amide bonds. The van der Waals surface area contributed by atoms with Gasteiger partial charge in [0.2, 0.25) is 11.8 Å². The number of carbonyl (C=O) groups excluding carboxylic acids is 3. The summed E-state index contributed by atoms with van der Waals surface area (Å²) in [4.78, 5) is 40.1. The Bertz CT molecular complexity index is 950. The zero-order valence-corrected chi connectivity index (χ0v) is 18.0. The van der Waals surface area contributed by atoms with Crippen LogP contribution < -0.4 is 5.32 Å². The van der Waals surface area contributed by atoms with Crippen LogP contribution in [0.15, 0.2) is 24.3 Å². The SMILES string of the molecule is CCOC(=O)c1c(NC(=O)CC2c3ccccc3CCN2C(C)=O)sc(C)c1C. The van der Waals surface area contributed by atoms with Crippen molar-refractivity contribution in [2.24, 2.45) is 0 Å². The van der Waals surface area contributed by atoms with Crippen LogP contribution in [0.2, 0.25) is 0 Å². The predicted molar refractivity (Wildman–Crippen MR) is 113 cm³/mol. The van der Waals surface area contributed by atoms with Crippen LogP contribution in [0, 0.1) is 13.8 Å². The van der Waals surface area contributed by atoms with Gasteiger partial charge in [-0.2, -0.15) is 0 Å². The van der Waals surface area contributed by atoms with Crippen molar-refractivity contribution in [3.8, 4) is 0 Å². The summed E-state index contributed by atoms with van der Waals surface area (Å²) in [6.45, 7) is 7.91. The molecule has 0 saturated carbocycles. The van der Waals surface area contributed by atoms with Crippen molar-refractivity contribution in [3.63, 3.8) is 0 Å². The molecule has 0 radical (unpaired) electrons. The number of anilines is 1. The Morgan fingerprint density at radius 2 is 1.97 bits per heavy atom. The van der Waals surface area contributed by atoms with E-state index in [9.17, 15) is 14.4 Å². The summed E-state index contributed by atoms with van der Waals surface area (Å²) >= 11 is 1.36. The Balaban J connectivity index is 1.84. The van der Waals surface area contributed by atoms with E-state index < -0.39 is 5.97 Å². The molecule has 154 valence electrons. The van der Waals surface area contributed by atoms with Gasteiger partial charge in [-0.05, 0) is 43.9 Å². The third kappa shape index (κ3) is 4.34. The van der Waals surface area contributed by atoms with E-state index >= 15 is 0 Å². The molecule has 1 aliphatic rings. The number of nitrogens with one attached hydrogen (secondary N) is 1. The van der Waals surface area contributed by atoms with Gasteiger partial charge in [0.15, 0.2) is 0 Å². The topological polar surface area (TPSA) is 75.7 Å². The van der Waals surface area contributed by atoms with Crippen LogP contribution in [0.4, 0.5) is 5.00 Å². The molecule has 0 aliphatic carbocycles. The van der Waals surface area contributed by atoms with Gasteiger partial charge in [0.25, 0.3) is 0 Å². The van der Waals surface area contributed by atoms with Gasteiger partial charge in [-0.3, -0.25) is 9.59 Å². The van der Waals surface area contributed by atoms with Gasteiger partial charge in [-0.1, -0.05) is 24.3 Å². The number of carbonyl (C=O) groups is 3. The first-order valence-corrected chi connectivity index (χ1v) is 10.6. The number of benzene rings is 1. The Hall–Kier alpha value is -2.67. The number of hydrogen-bond acceptors (Lipinski definition) is 5. The maximum Gasteiger partial charge on any atom is 0.341 e. The van der Waals surface area contributed by atoms with Crippen molar-refractivity contribution < 1.29 is 19.1 Å². The molecule has 3 rings (SSSR count). The molecule has 2 aromatic rings. The number of amides is 2. The third-order valence-corrected chi connectivity index (χ3v) is 6.44. The molecule has 7 heteroatoms. The number of fused-ring (bicyclic) bond motifs is 1. The molecule has 0 saturated heterocycles. The van der Waals surface area contributed by atoms with Crippen LogP contribution in [-0.2, 0) is 20.7 Å². The number of esters is 1. The molecule has 6 nitrogen and oxygen atoms in total. The van der Waals surface area contributed by atoms with Crippen molar-refractivity contribution in [1.29, 1.82) is 0 Å². The molecular weight excluding hydrogens is 388 g/mol. The summed E-state index contributed by atoms with van der Waals surface area (Å²) in [6, 6.07) is 7.61. The summed E-state index contributed by atoms with van der Waals surface area (Å²) < 4.78 is 5.15. The zero-order chi connectivity index (χ0) is 21.1. The van der Waals surface area contributed by atoms with Crippen LogP contribution in [-0.4, -0.2) is 35.8 Å². The molecule has 1 N–H and O–H groups in total. The van der Waals surface area contributed by atoms with Crippen molar-refractivity contribution in [1.82, 2.24) is 4.90 Å². The highest BCUT2D eigenvalue weighted by molar-refractivity contribution is 7.16. The van der Waals surface area contributed by atoms with Crippen LogP contribution in [0.25, 0.3) is 0 Å². The Kier molecular flexibility index (Phi) is 6.37. The number of hydrogen-bond donors (Lipinski definition) is 1. The minimum absolute atomic E-state index is 0.0488. The minimum atomic E-state index is -0.432. The fourth-order valence-electron chi connectivity index (χ4n) is 3.77. The monoisotopic (exact) mass is 414 g/mol. The standard InChI is InChI=1S/C22H26N2O4S/c1-5-28-22(27)20-13(2)14(3)29-21(20)23-19(26)12-18-17-9-7-6-8-16(17)10-11-24(18)15(4)25/h6-9,18H,5,10-12H2,1-4H3,(H,23,26). The number of rotatable bonds is 5. The molecule has 1 unspecified atom stereocenters.